The first-order valence-corrected chi connectivity index (χ1v) is 5.92. The number of nitrogens with zero attached hydrogens (tertiary/aromatic N) is 1. The van der Waals surface area contributed by atoms with Crippen molar-refractivity contribution in [3.8, 4) is 5.75 Å². The summed E-state index contributed by atoms with van der Waals surface area (Å²) in [6.45, 7) is 2.00. The van der Waals surface area contributed by atoms with E-state index in [0.717, 1.165) is 11.3 Å². The molecule has 0 aliphatic heterocycles. The van der Waals surface area contributed by atoms with Gasteiger partial charge in [0.05, 0.1) is 6.10 Å². The van der Waals surface area contributed by atoms with Crippen LogP contribution >= 0.6 is 11.6 Å². The number of aromatic nitrogens is 1. The van der Waals surface area contributed by atoms with Crippen molar-refractivity contribution in [2.24, 2.45) is 0 Å². The Balaban J connectivity index is 2.05. The molecular weight excluding hydrogens is 210 g/mol. The smallest absolute Gasteiger partial charge is 0.132 e. The highest BCUT2D eigenvalue weighted by atomic mass is 35.5. The van der Waals surface area contributed by atoms with Gasteiger partial charge in [0.15, 0.2) is 0 Å². The average molecular weight is 226 g/mol. The minimum atomic E-state index is 0.371. The first-order valence-electron chi connectivity index (χ1n) is 5.54. The van der Waals surface area contributed by atoms with Gasteiger partial charge < -0.3 is 4.74 Å². The molecule has 0 amide bonds. The summed E-state index contributed by atoms with van der Waals surface area (Å²) in [5, 5.41) is 0.506. The van der Waals surface area contributed by atoms with Crippen LogP contribution in [0.4, 0.5) is 0 Å². The number of aryl methyl sites for hydroxylation is 1. The SMILES string of the molecule is Cc1cnc(Cl)cc1OC1CCCCC1. The maximum atomic E-state index is 5.94. The largest absolute Gasteiger partial charge is 0.490 e. The molecular formula is C12H16ClNO. The van der Waals surface area contributed by atoms with Crippen molar-refractivity contribution in [2.75, 3.05) is 0 Å². The Kier molecular flexibility index (Phi) is 3.47. The van der Waals surface area contributed by atoms with Crippen LogP contribution in [0.5, 0.6) is 5.75 Å². The second kappa shape index (κ2) is 4.84. The molecule has 1 saturated carbocycles. The lowest BCUT2D eigenvalue weighted by Crippen LogP contribution is -2.20. The van der Waals surface area contributed by atoms with Crippen LogP contribution in [-0.4, -0.2) is 11.1 Å². The molecule has 2 rings (SSSR count). The monoisotopic (exact) mass is 225 g/mol. The predicted octanol–water partition coefficient (Wildman–Crippen LogP) is 3.75. The van der Waals surface area contributed by atoms with Crippen molar-refractivity contribution < 1.29 is 4.74 Å². The Bertz CT molecular complexity index is 334. The van der Waals surface area contributed by atoms with Crippen molar-refractivity contribution in [1.29, 1.82) is 0 Å². The van der Waals surface area contributed by atoms with Gasteiger partial charge in [0.2, 0.25) is 0 Å². The minimum absolute atomic E-state index is 0.371. The topological polar surface area (TPSA) is 22.1 Å². The minimum Gasteiger partial charge on any atom is -0.490 e. The van der Waals surface area contributed by atoms with Gasteiger partial charge >= 0.3 is 0 Å². The van der Waals surface area contributed by atoms with Crippen molar-refractivity contribution in [1.82, 2.24) is 4.98 Å². The van der Waals surface area contributed by atoms with E-state index in [4.69, 9.17) is 16.3 Å². The molecule has 0 bridgehead atoms. The zero-order valence-electron chi connectivity index (χ0n) is 9.00. The van der Waals surface area contributed by atoms with Crippen molar-refractivity contribution >= 4 is 11.6 Å². The first-order chi connectivity index (χ1) is 7.25. The molecule has 3 heteroatoms. The maximum Gasteiger partial charge on any atom is 0.132 e. The zero-order chi connectivity index (χ0) is 10.7. The molecule has 1 aromatic rings. The number of pyridine rings is 1. The fourth-order valence-electron chi connectivity index (χ4n) is 1.97. The van der Waals surface area contributed by atoms with Crippen LogP contribution in [0.15, 0.2) is 12.3 Å². The van der Waals surface area contributed by atoms with Crippen LogP contribution < -0.4 is 4.74 Å². The Hall–Kier alpha value is -0.760. The van der Waals surface area contributed by atoms with E-state index < -0.39 is 0 Å². The quantitative estimate of drug-likeness (QED) is 0.716. The molecule has 0 spiro atoms. The third-order valence-electron chi connectivity index (χ3n) is 2.87. The molecule has 0 aromatic carbocycles. The summed E-state index contributed by atoms with van der Waals surface area (Å²) < 4.78 is 5.94. The summed E-state index contributed by atoms with van der Waals surface area (Å²) in [5.41, 5.74) is 1.06. The van der Waals surface area contributed by atoms with E-state index in [1.165, 1.54) is 32.1 Å². The molecule has 1 aliphatic rings. The van der Waals surface area contributed by atoms with Gasteiger partial charge in [-0.1, -0.05) is 18.0 Å². The van der Waals surface area contributed by atoms with E-state index in [1.54, 1.807) is 6.20 Å². The fraction of sp³-hybridized carbons (Fsp3) is 0.583. The fourth-order valence-corrected chi connectivity index (χ4v) is 2.12. The normalized spacial score (nSPS) is 17.7. The van der Waals surface area contributed by atoms with Gasteiger partial charge in [-0.05, 0) is 32.6 Å². The van der Waals surface area contributed by atoms with Crippen LogP contribution in [0.3, 0.4) is 0 Å². The predicted molar refractivity (Wildman–Crippen MR) is 61.5 cm³/mol. The van der Waals surface area contributed by atoms with Gasteiger partial charge in [-0.15, -0.1) is 0 Å². The maximum absolute atomic E-state index is 5.94. The molecule has 0 N–H and O–H groups in total. The molecule has 0 radical (unpaired) electrons. The van der Waals surface area contributed by atoms with E-state index in [9.17, 15) is 0 Å². The summed E-state index contributed by atoms with van der Waals surface area (Å²) in [6.07, 6.45) is 8.37. The Morgan fingerprint density at radius 3 is 2.80 bits per heavy atom. The summed E-state index contributed by atoms with van der Waals surface area (Å²) in [5.74, 6) is 0.891. The highest BCUT2D eigenvalue weighted by Gasteiger charge is 2.15. The van der Waals surface area contributed by atoms with Gasteiger partial charge in [0.1, 0.15) is 10.9 Å². The molecule has 1 fully saturated rings. The van der Waals surface area contributed by atoms with Gasteiger partial charge in [0.25, 0.3) is 0 Å². The molecule has 0 atom stereocenters. The lowest BCUT2D eigenvalue weighted by Gasteiger charge is -2.23. The molecule has 0 saturated heterocycles. The number of hydrogen-bond acceptors (Lipinski definition) is 2. The number of ether oxygens (including phenoxy) is 1. The highest BCUT2D eigenvalue weighted by Crippen LogP contribution is 2.26. The van der Waals surface area contributed by atoms with E-state index in [1.807, 2.05) is 13.0 Å². The van der Waals surface area contributed by atoms with Gasteiger partial charge in [-0.25, -0.2) is 4.98 Å². The van der Waals surface area contributed by atoms with Crippen LogP contribution in [0, 0.1) is 6.92 Å². The molecule has 82 valence electrons. The Labute approximate surface area is 95.6 Å². The molecule has 2 nitrogen and oxygen atoms in total. The Morgan fingerprint density at radius 2 is 2.07 bits per heavy atom. The lowest BCUT2D eigenvalue weighted by molar-refractivity contribution is 0.154. The van der Waals surface area contributed by atoms with E-state index in [-0.39, 0.29) is 0 Å². The summed E-state index contributed by atoms with van der Waals surface area (Å²) in [7, 11) is 0. The molecule has 0 unspecified atom stereocenters. The van der Waals surface area contributed by atoms with E-state index >= 15 is 0 Å². The van der Waals surface area contributed by atoms with Crippen LogP contribution in [0.25, 0.3) is 0 Å². The second-order valence-corrected chi connectivity index (χ2v) is 4.54. The van der Waals surface area contributed by atoms with Gasteiger partial charge in [-0.2, -0.15) is 0 Å². The summed E-state index contributed by atoms with van der Waals surface area (Å²) in [4.78, 5) is 4.02. The van der Waals surface area contributed by atoms with Crippen LogP contribution in [-0.2, 0) is 0 Å². The van der Waals surface area contributed by atoms with Crippen LogP contribution in [0.1, 0.15) is 37.7 Å². The number of rotatable bonds is 2. The third-order valence-corrected chi connectivity index (χ3v) is 3.07. The molecule has 1 aromatic heterocycles. The lowest BCUT2D eigenvalue weighted by atomic mass is 9.98. The van der Waals surface area contributed by atoms with E-state index in [0.29, 0.717) is 11.3 Å². The first kappa shape index (κ1) is 10.7. The third kappa shape index (κ3) is 2.85. The Morgan fingerprint density at radius 1 is 1.33 bits per heavy atom. The van der Waals surface area contributed by atoms with Crippen molar-refractivity contribution in [2.45, 2.75) is 45.1 Å². The zero-order valence-corrected chi connectivity index (χ0v) is 9.76. The van der Waals surface area contributed by atoms with Crippen molar-refractivity contribution in [3.63, 3.8) is 0 Å². The van der Waals surface area contributed by atoms with E-state index in [2.05, 4.69) is 4.98 Å². The average Bonchev–Trinajstić information content (AvgIpc) is 2.25. The highest BCUT2D eigenvalue weighted by molar-refractivity contribution is 6.29. The van der Waals surface area contributed by atoms with Crippen LogP contribution in [0.2, 0.25) is 5.15 Å². The summed E-state index contributed by atoms with van der Waals surface area (Å²) in [6, 6.07) is 1.81. The second-order valence-electron chi connectivity index (χ2n) is 4.15. The van der Waals surface area contributed by atoms with Crippen molar-refractivity contribution in [3.05, 3.63) is 23.0 Å². The molecule has 1 aliphatic carbocycles. The molecule has 15 heavy (non-hydrogen) atoms. The number of hydrogen-bond donors (Lipinski definition) is 0. The van der Waals surface area contributed by atoms with Gasteiger partial charge in [-0.3, -0.25) is 0 Å². The van der Waals surface area contributed by atoms with Gasteiger partial charge in [0, 0.05) is 17.8 Å². The standard InChI is InChI=1S/C12H16ClNO/c1-9-8-14-12(13)7-11(9)15-10-5-3-2-4-6-10/h7-8,10H,2-6H2,1H3. The molecule has 1 heterocycles. The number of halogens is 1. The summed E-state index contributed by atoms with van der Waals surface area (Å²) >= 11 is 5.84.